The van der Waals surface area contributed by atoms with Crippen molar-refractivity contribution < 1.29 is 22.8 Å². The van der Waals surface area contributed by atoms with Crippen LogP contribution in [0.1, 0.15) is 40.1 Å². The van der Waals surface area contributed by atoms with Gasteiger partial charge in [0.15, 0.2) is 0 Å². The molecule has 158 valence electrons. The van der Waals surface area contributed by atoms with Gasteiger partial charge in [0.05, 0.1) is 16.0 Å². The number of sulfonamides is 1. The summed E-state index contributed by atoms with van der Waals surface area (Å²) in [4.78, 5) is 38.4. The molecule has 30 heavy (non-hydrogen) atoms. The fourth-order valence-electron chi connectivity index (χ4n) is 3.32. The van der Waals surface area contributed by atoms with Crippen LogP contribution in [0.3, 0.4) is 0 Å². The number of benzene rings is 2. The number of nitrogens with zero attached hydrogens (tertiary/aromatic N) is 2. The molecule has 2 aromatic rings. The lowest BCUT2D eigenvalue weighted by Crippen LogP contribution is -2.37. The van der Waals surface area contributed by atoms with Crippen molar-refractivity contribution >= 4 is 33.4 Å². The predicted octanol–water partition coefficient (Wildman–Crippen LogP) is 2.26. The molecule has 0 aromatic heterocycles. The van der Waals surface area contributed by atoms with Gasteiger partial charge < -0.3 is 5.32 Å². The first-order valence-corrected chi connectivity index (χ1v) is 11.0. The number of hydrogen-bond acceptors (Lipinski definition) is 5. The van der Waals surface area contributed by atoms with E-state index in [2.05, 4.69) is 5.32 Å². The molecule has 0 saturated heterocycles. The lowest BCUT2D eigenvalue weighted by molar-refractivity contribution is -0.116. The average Bonchev–Trinajstić information content (AvgIpc) is 2.95. The SMILES string of the molecule is CCN(CC)S(=O)(=O)c1ccc(C)c(NC(=O)CN2C(=O)c3ccccc3C2=O)c1. The van der Waals surface area contributed by atoms with Gasteiger partial charge in [-0.1, -0.05) is 32.0 Å². The number of rotatable bonds is 7. The number of amides is 3. The van der Waals surface area contributed by atoms with E-state index in [1.807, 2.05) is 0 Å². The molecule has 3 rings (SSSR count). The molecular formula is C21H23N3O5S. The summed E-state index contributed by atoms with van der Waals surface area (Å²) in [5.74, 6) is -1.65. The molecule has 0 saturated carbocycles. The van der Waals surface area contributed by atoms with Crippen molar-refractivity contribution in [2.75, 3.05) is 25.0 Å². The van der Waals surface area contributed by atoms with Gasteiger partial charge in [0.1, 0.15) is 6.54 Å². The molecule has 0 aliphatic carbocycles. The van der Waals surface area contributed by atoms with Crippen molar-refractivity contribution in [1.29, 1.82) is 0 Å². The minimum Gasteiger partial charge on any atom is -0.324 e. The Kier molecular flexibility index (Phi) is 6.04. The molecule has 0 bridgehead atoms. The summed E-state index contributed by atoms with van der Waals surface area (Å²) in [6.45, 7) is 5.42. The molecule has 2 aromatic carbocycles. The Morgan fingerprint density at radius 2 is 1.57 bits per heavy atom. The third-order valence-electron chi connectivity index (χ3n) is 5.01. The van der Waals surface area contributed by atoms with Gasteiger partial charge in [0, 0.05) is 18.8 Å². The monoisotopic (exact) mass is 429 g/mol. The van der Waals surface area contributed by atoms with Gasteiger partial charge >= 0.3 is 0 Å². The fraction of sp³-hybridized carbons (Fsp3) is 0.286. The quantitative estimate of drug-likeness (QED) is 0.680. The summed E-state index contributed by atoms with van der Waals surface area (Å²) < 4.78 is 26.8. The number of carbonyl (C=O) groups excluding carboxylic acids is 3. The van der Waals surface area contributed by atoms with Crippen LogP contribution in [-0.2, 0) is 14.8 Å². The Balaban J connectivity index is 1.80. The van der Waals surface area contributed by atoms with E-state index < -0.39 is 34.3 Å². The van der Waals surface area contributed by atoms with E-state index in [4.69, 9.17) is 0 Å². The first-order chi connectivity index (χ1) is 14.2. The van der Waals surface area contributed by atoms with Crippen molar-refractivity contribution in [3.8, 4) is 0 Å². The number of hydrogen-bond donors (Lipinski definition) is 1. The molecule has 1 aliphatic heterocycles. The lowest BCUT2D eigenvalue weighted by atomic mass is 10.1. The van der Waals surface area contributed by atoms with Crippen molar-refractivity contribution in [3.63, 3.8) is 0 Å². The molecule has 3 amide bonds. The third kappa shape index (κ3) is 3.86. The first-order valence-electron chi connectivity index (χ1n) is 9.56. The van der Waals surface area contributed by atoms with Gasteiger partial charge in [0.2, 0.25) is 15.9 Å². The molecular weight excluding hydrogens is 406 g/mol. The van der Waals surface area contributed by atoms with E-state index in [0.717, 1.165) is 4.90 Å². The van der Waals surface area contributed by atoms with Crippen LogP contribution < -0.4 is 5.32 Å². The molecule has 1 heterocycles. The smallest absolute Gasteiger partial charge is 0.262 e. The minimum absolute atomic E-state index is 0.0628. The second-order valence-electron chi connectivity index (χ2n) is 6.86. The van der Waals surface area contributed by atoms with E-state index >= 15 is 0 Å². The second-order valence-corrected chi connectivity index (χ2v) is 8.79. The van der Waals surface area contributed by atoms with Crippen LogP contribution >= 0.6 is 0 Å². The van der Waals surface area contributed by atoms with E-state index in [9.17, 15) is 22.8 Å². The van der Waals surface area contributed by atoms with Crippen LogP contribution in [0.15, 0.2) is 47.4 Å². The summed E-state index contributed by atoms with van der Waals surface area (Å²) in [5.41, 5.74) is 1.49. The molecule has 8 nitrogen and oxygen atoms in total. The number of aryl methyl sites for hydroxylation is 1. The largest absolute Gasteiger partial charge is 0.324 e. The average molecular weight is 429 g/mol. The van der Waals surface area contributed by atoms with Crippen molar-refractivity contribution in [2.45, 2.75) is 25.7 Å². The highest BCUT2D eigenvalue weighted by Crippen LogP contribution is 2.24. The highest BCUT2D eigenvalue weighted by molar-refractivity contribution is 7.89. The van der Waals surface area contributed by atoms with Gasteiger partial charge in [-0.05, 0) is 36.8 Å². The molecule has 0 atom stereocenters. The Morgan fingerprint density at radius 1 is 1.00 bits per heavy atom. The maximum atomic E-state index is 12.7. The number of nitrogens with one attached hydrogen (secondary N) is 1. The summed E-state index contributed by atoms with van der Waals surface area (Å²) >= 11 is 0. The Morgan fingerprint density at radius 3 is 2.10 bits per heavy atom. The Bertz CT molecular complexity index is 1090. The van der Waals surface area contributed by atoms with Crippen molar-refractivity contribution in [3.05, 3.63) is 59.2 Å². The van der Waals surface area contributed by atoms with Crippen molar-refractivity contribution in [1.82, 2.24) is 9.21 Å². The normalized spacial score (nSPS) is 13.7. The van der Waals surface area contributed by atoms with Crippen molar-refractivity contribution in [2.24, 2.45) is 0 Å². The first kappa shape index (κ1) is 21.7. The van der Waals surface area contributed by atoms with E-state index in [0.29, 0.717) is 24.3 Å². The molecule has 0 radical (unpaired) electrons. The van der Waals surface area contributed by atoms with Crippen LogP contribution in [-0.4, -0.2) is 55.0 Å². The zero-order chi connectivity index (χ0) is 22.1. The Hall–Kier alpha value is -3.04. The van der Waals surface area contributed by atoms with E-state index in [1.165, 1.54) is 16.4 Å². The van der Waals surface area contributed by atoms with E-state index in [-0.39, 0.29) is 16.0 Å². The lowest BCUT2D eigenvalue weighted by Gasteiger charge is -2.20. The van der Waals surface area contributed by atoms with Crippen LogP contribution in [0.2, 0.25) is 0 Å². The summed E-state index contributed by atoms with van der Waals surface area (Å²) in [7, 11) is -3.69. The number of anilines is 1. The van der Waals surface area contributed by atoms with Crippen LogP contribution in [0.25, 0.3) is 0 Å². The van der Waals surface area contributed by atoms with Gasteiger partial charge in [-0.2, -0.15) is 4.31 Å². The van der Waals surface area contributed by atoms with Gasteiger partial charge in [0.25, 0.3) is 11.8 Å². The molecule has 0 unspecified atom stereocenters. The molecule has 0 spiro atoms. The fourth-order valence-corrected chi connectivity index (χ4v) is 4.81. The van der Waals surface area contributed by atoms with E-state index in [1.54, 1.807) is 51.1 Å². The second kappa shape index (κ2) is 8.37. The van der Waals surface area contributed by atoms with Gasteiger partial charge in [-0.3, -0.25) is 19.3 Å². The zero-order valence-corrected chi connectivity index (χ0v) is 17.8. The maximum Gasteiger partial charge on any atom is 0.262 e. The summed E-state index contributed by atoms with van der Waals surface area (Å²) in [6.07, 6.45) is 0. The standard InChI is InChI=1S/C21H23N3O5S/c1-4-23(5-2)30(28,29)15-11-10-14(3)18(12-15)22-19(25)13-24-20(26)16-8-6-7-9-17(16)21(24)27/h6-12H,4-5,13H2,1-3H3,(H,22,25). The third-order valence-corrected chi connectivity index (χ3v) is 7.05. The molecule has 0 fully saturated rings. The van der Waals surface area contributed by atoms with Gasteiger partial charge in [-0.25, -0.2) is 8.42 Å². The summed E-state index contributed by atoms with van der Waals surface area (Å²) in [6, 6.07) is 10.9. The number of carbonyl (C=O) groups is 3. The van der Waals surface area contributed by atoms with Gasteiger partial charge in [-0.15, -0.1) is 0 Å². The number of fused-ring (bicyclic) bond motifs is 1. The Labute approximate surface area is 175 Å². The van der Waals surface area contributed by atoms with Crippen LogP contribution in [0.5, 0.6) is 0 Å². The minimum atomic E-state index is -3.69. The molecule has 1 N–H and O–H groups in total. The highest BCUT2D eigenvalue weighted by atomic mass is 32.2. The topological polar surface area (TPSA) is 104 Å². The highest BCUT2D eigenvalue weighted by Gasteiger charge is 2.36. The number of imide groups is 1. The maximum absolute atomic E-state index is 12.7. The zero-order valence-electron chi connectivity index (χ0n) is 17.0. The molecule has 1 aliphatic rings. The predicted molar refractivity (Wildman–Crippen MR) is 112 cm³/mol. The molecule has 9 heteroatoms. The van der Waals surface area contributed by atoms with Crippen LogP contribution in [0.4, 0.5) is 5.69 Å². The summed E-state index contributed by atoms with van der Waals surface area (Å²) in [5, 5.41) is 2.62. The van der Waals surface area contributed by atoms with Crippen LogP contribution in [0, 0.1) is 6.92 Å².